The third-order valence-electron chi connectivity index (χ3n) is 3.28. The van der Waals surface area contributed by atoms with Gasteiger partial charge < -0.3 is 9.84 Å². The molecule has 76 valence electrons. The van der Waals surface area contributed by atoms with Crippen LogP contribution in [0.15, 0.2) is 0 Å². The fourth-order valence-electron chi connectivity index (χ4n) is 2.65. The van der Waals surface area contributed by atoms with Crippen molar-refractivity contribution in [3.8, 4) is 0 Å². The minimum absolute atomic E-state index is 0.145. The monoisotopic (exact) mass is 185 g/mol. The quantitative estimate of drug-likeness (QED) is 0.632. The summed E-state index contributed by atoms with van der Waals surface area (Å²) in [4.78, 5) is 2.55. The first-order valence-electron chi connectivity index (χ1n) is 5.33. The average Bonchev–Trinajstić information content (AvgIpc) is 2.73. The molecule has 1 N–H and O–H groups in total. The number of ether oxygens (including phenoxy) is 1. The Morgan fingerprint density at radius 1 is 1.31 bits per heavy atom. The van der Waals surface area contributed by atoms with E-state index in [0.29, 0.717) is 6.61 Å². The van der Waals surface area contributed by atoms with Crippen molar-refractivity contribution in [2.45, 2.75) is 25.3 Å². The summed E-state index contributed by atoms with van der Waals surface area (Å²) in [6.45, 7) is 3.76. The van der Waals surface area contributed by atoms with Gasteiger partial charge in [0, 0.05) is 19.1 Å². The third-order valence-corrected chi connectivity index (χ3v) is 3.28. The molecule has 2 aliphatic rings. The van der Waals surface area contributed by atoms with E-state index in [1.54, 1.807) is 0 Å². The third kappa shape index (κ3) is 2.22. The molecule has 0 radical (unpaired) electrons. The van der Waals surface area contributed by atoms with E-state index in [2.05, 4.69) is 4.90 Å². The van der Waals surface area contributed by atoms with Gasteiger partial charge in [-0.05, 0) is 25.2 Å². The molecule has 1 aliphatic heterocycles. The molecule has 0 aromatic heterocycles. The highest BCUT2D eigenvalue weighted by atomic mass is 16.5. The molecule has 3 nitrogen and oxygen atoms in total. The van der Waals surface area contributed by atoms with Crippen LogP contribution in [0, 0.1) is 5.92 Å². The first-order valence-corrected chi connectivity index (χ1v) is 5.33. The van der Waals surface area contributed by atoms with Gasteiger partial charge in [-0.1, -0.05) is 0 Å². The standard InChI is InChI=1S/C10H19NO2/c12-4-6-13-5-3-11-8-9-1-2-10(11)7-9/h9-10,12H,1-8H2/t9-,10+/m0/s1. The highest BCUT2D eigenvalue weighted by Crippen LogP contribution is 2.36. The Bertz CT molecular complexity index is 163. The molecule has 2 rings (SSSR count). The molecule has 0 aromatic rings. The van der Waals surface area contributed by atoms with Crippen molar-refractivity contribution in [2.75, 3.05) is 32.9 Å². The van der Waals surface area contributed by atoms with Gasteiger partial charge in [-0.2, -0.15) is 0 Å². The van der Waals surface area contributed by atoms with Crippen molar-refractivity contribution in [1.29, 1.82) is 0 Å². The first-order chi connectivity index (χ1) is 6.40. The highest BCUT2D eigenvalue weighted by Gasteiger charge is 2.36. The van der Waals surface area contributed by atoms with E-state index in [-0.39, 0.29) is 6.61 Å². The molecule has 1 saturated carbocycles. The summed E-state index contributed by atoms with van der Waals surface area (Å²) in [5, 5.41) is 8.52. The Kier molecular flexibility index (Phi) is 3.19. The van der Waals surface area contributed by atoms with E-state index in [1.165, 1.54) is 25.8 Å². The molecule has 2 bridgehead atoms. The van der Waals surface area contributed by atoms with Gasteiger partial charge in [0.15, 0.2) is 0 Å². The van der Waals surface area contributed by atoms with Gasteiger partial charge in [0.1, 0.15) is 0 Å². The van der Waals surface area contributed by atoms with Crippen LogP contribution in [0.3, 0.4) is 0 Å². The van der Waals surface area contributed by atoms with Gasteiger partial charge >= 0.3 is 0 Å². The Hall–Kier alpha value is -0.120. The minimum atomic E-state index is 0.145. The van der Waals surface area contributed by atoms with Crippen LogP contribution in [0.1, 0.15) is 19.3 Å². The van der Waals surface area contributed by atoms with E-state index in [9.17, 15) is 0 Å². The molecule has 2 atom stereocenters. The molecular weight excluding hydrogens is 166 g/mol. The van der Waals surface area contributed by atoms with Crippen LogP contribution in [0.5, 0.6) is 0 Å². The summed E-state index contributed by atoms with van der Waals surface area (Å²) in [6, 6.07) is 0.850. The fraction of sp³-hybridized carbons (Fsp3) is 1.00. The first kappa shape index (κ1) is 9.44. The van der Waals surface area contributed by atoms with Gasteiger partial charge in [-0.3, -0.25) is 4.90 Å². The van der Waals surface area contributed by atoms with Crippen LogP contribution in [-0.2, 0) is 4.74 Å². The summed E-state index contributed by atoms with van der Waals surface area (Å²) >= 11 is 0. The fourth-order valence-corrected chi connectivity index (χ4v) is 2.65. The van der Waals surface area contributed by atoms with Crippen molar-refractivity contribution in [3.05, 3.63) is 0 Å². The lowest BCUT2D eigenvalue weighted by Gasteiger charge is -2.26. The number of nitrogens with zero attached hydrogens (tertiary/aromatic N) is 1. The maximum absolute atomic E-state index is 8.52. The minimum Gasteiger partial charge on any atom is -0.394 e. The number of rotatable bonds is 5. The maximum Gasteiger partial charge on any atom is 0.0698 e. The lowest BCUT2D eigenvalue weighted by atomic mass is 10.1. The number of hydrogen-bond acceptors (Lipinski definition) is 3. The molecular formula is C10H19NO2. The van der Waals surface area contributed by atoms with E-state index in [0.717, 1.165) is 25.1 Å². The van der Waals surface area contributed by atoms with E-state index < -0.39 is 0 Å². The molecule has 13 heavy (non-hydrogen) atoms. The molecule has 1 heterocycles. The molecule has 3 heteroatoms. The number of hydrogen-bond donors (Lipinski definition) is 1. The lowest BCUT2D eigenvalue weighted by Crippen LogP contribution is -2.34. The number of likely N-dealkylation sites (tertiary alicyclic amines) is 1. The van der Waals surface area contributed by atoms with Gasteiger partial charge in [-0.15, -0.1) is 0 Å². The lowest BCUT2D eigenvalue weighted by molar-refractivity contribution is 0.0666. The Balaban J connectivity index is 1.60. The second-order valence-corrected chi connectivity index (χ2v) is 4.16. The van der Waals surface area contributed by atoms with Crippen LogP contribution < -0.4 is 0 Å². The van der Waals surface area contributed by atoms with E-state index in [1.807, 2.05) is 0 Å². The van der Waals surface area contributed by atoms with Gasteiger partial charge in [-0.25, -0.2) is 0 Å². The van der Waals surface area contributed by atoms with Crippen molar-refractivity contribution >= 4 is 0 Å². The molecule has 0 unspecified atom stereocenters. The second kappa shape index (κ2) is 4.40. The zero-order valence-corrected chi connectivity index (χ0v) is 8.11. The number of aliphatic hydroxyl groups is 1. The predicted octanol–water partition coefficient (Wildman–Crippen LogP) is 0.480. The largest absolute Gasteiger partial charge is 0.394 e. The number of fused-ring (bicyclic) bond motifs is 2. The van der Waals surface area contributed by atoms with Crippen LogP contribution >= 0.6 is 0 Å². The normalized spacial score (nSPS) is 33.0. The molecule has 0 amide bonds. The van der Waals surface area contributed by atoms with E-state index >= 15 is 0 Å². The molecule has 2 fully saturated rings. The van der Waals surface area contributed by atoms with Crippen LogP contribution in [0.25, 0.3) is 0 Å². The molecule has 0 spiro atoms. The number of aliphatic hydroxyl groups excluding tert-OH is 1. The molecule has 1 aliphatic carbocycles. The Morgan fingerprint density at radius 2 is 2.23 bits per heavy atom. The summed E-state index contributed by atoms with van der Waals surface area (Å²) < 4.78 is 5.26. The summed E-state index contributed by atoms with van der Waals surface area (Å²) in [5.74, 6) is 0.975. The predicted molar refractivity (Wildman–Crippen MR) is 50.6 cm³/mol. The van der Waals surface area contributed by atoms with Crippen molar-refractivity contribution < 1.29 is 9.84 Å². The van der Waals surface area contributed by atoms with Crippen molar-refractivity contribution in [2.24, 2.45) is 5.92 Å². The van der Waals surface area contributed by atoms with Crippen LogP contribution in [0.2, 0.25) is 0 Å². The molecule has 0 aromatic carbocycles. The summed E-state index contributed by atoms with van der Waals surface area (Å²) in [7, 11) is 0. The van der Waals surface area contributed by atoms with Gasteiger partial charge in [0.25, 0.3) is 0 Å². The zero-order valence-electron chi connectivity index (χ0n) is 8.11. The topological polar surface area (TPSA) is 32.7 Å². The maximum atomic E-state index is 8.52. The smallest absolute Gasteiger partial charge is 0.0698 e. The average molecular weight is 185 g/mol. The van der Waals surface area contributed by atoms with Crippen molar-refractivity contribution in [3.63, 3.8) is 0 Å². The SMILES string of the molecule is OCCOCCN1C[C@H]2CC[C@@H]1C2. The van der Waals surface area contributed by atoms with E-state index in [4.69, 9.17) is 9.84 Å². The van der Waals surface area contributed by atoms with Crippen molar-refractivity contribution in [1.82, 2.24) is 4.90 Å². The zero-order chi connectivity index (χ0) is 9.10. The van der Waals surface area contributed by atoms with Crippen LogP contribution in [0.4, 0.5) is 0 Å². The number of piperidine rings is 1. The van der Waals surface area contributed by atoms with Crippen LogP contribution in [-0.4, -0.2) is 49.0 Å². The highest BCUT2D eigenvalue weighted by molar-refractivity contribution is 4.91. The second-order valence-electron chi connectivity index (χ2n) is 4.16. The summed E-state index contributed by atoms with van der Waals surface area (Å²) in [6.07, 6.45) is 4.25. The Morgan fingerprint density at radius 3 is 2.85 bits per heavy atom. The summed E-state index contributed by atoms with van der Waals surface area (Å²) in [5.41, 5.74) is 0. The van der Waals surface area contributed by atoms with Gasteiger partial charge in [0.2, 0.25) is 0 Å². The Labute approximate surface area is 79.7 Å². The van der Waals surface area contributed by atoms with Gasteiger partial charge in [0.05, 0.1) is 19.8 Å². The molecule has 1 saturated heterocycles.